The Morgan fingerprint density at radius 3 is 2.33 bits per heavy atom. The molecule has 0 aromatic heterocycles. The van der Waals surface area contributed by atoms with Crippen molar-refractivity contribution in [3.63, 3.8) is 0 Å². The minimum Gasteiger partial charge on any atom is -0.373 e. The van der Waals surface area contributed by atoms with Gasteiger partial charge in [-0.2, -0.15) is 0 Å². The molecule has 1 aromatic rings. The van der Waals surface area contributed by atoms with Crippen molar-refractivity contribution in [2.75, 3.05) is 13.2 Å². The lowest BCUT2D eigenvalue weighted by Crippen LogP contribution is -2.30. The molecule has 2 nitrogen and oxygen atoms in total. The average Bonchev–Trinajstić information content (AvgIpc) is 2.41. The van der Waals surface area contributed by atoms with Gasteiger partial charge in [0, 0.05) is 0 Å². The number of hydrogen-bond acceptors (Lipinski definition) is 2. The number of hydrogen-bond donors (Lipinski definition) is 0. The van der Waals surface area contributed by atoms with Crippen LogP contribution < -0.4 is 0 Å². The minimum atomic E-state index is 0.119. The predicted octanol–water partition coefficient (Wildman–Crippen LogP) is 3.90. The van der Waals surface area contributed by atoms with Gasteiger partial charge in [-0.25, -0.2) is 0 Å². The van der Waals surface area contributed by atoms with E-state index >= 15 is 0 Å². The van der Waals surface area contributed by atoms with Gasteiger partial charge in [-0.15, -0.1) is 0 Å². The average molecular weight is 248 g/mol. The van der Waals surface area contributed by atoms with E-state index in [1.807, 2.05) is 0 Å². The molecule has 1 fully saturated rings. The minimum absolute atomic E-state index is 0.119. The van der Waals surface area contributed by atoms with Gasteiger partial charge in [0.1, 0.15) is 6.10 Å². The second-order valence-corrected chi connectivity index (χ2v) is 5.06. The number of aryl methyl sites for hydroxylation is 1. The quantitative estimate of drug-likeness (QED) is 0.787. The molecule has 1 saturated heterocycles. The number of ether oxygens (including phenoxy) is 2. The molecule has 0 amide bonds. The molecule has 0 N–H and O–H groups in total. The van der Waals surface area contributed by atoms with Crippen LogP contribution in [0, 0.1) is 0 Å². The van der Waals surface area contributed by atoms with Crippen LogP contribution in [0.5, 0.6) is 0 Å². The summed E-state index contributed by atoms with van der Waals surface area (Å²) in [7, 11) is 0. The Morgan fingerprint density at radius 1 is 1.00 bits per heavy atom. The second kappa shape index (κ2) is 6.91. The van der Waals surface area contributed by atoms with Crippen molar-refractivity contribution in [1.82, 2.24) is 0 Å². The Hall–Kier alpha value is -0.860. The molecule has 0 aliphatic carbocycles. The Morgan fingerprint density at radius 2 is 1.78 bits per heavy atom. The van der Waals surface area contributed by atoms with Gasteiger partial charge in [0.15, 0.2) is 0 Å². The molecule has 2 atom stereocenters. The Bertz CT molecular complexity index is 337. The fraction of sp³-hybridized carbons (Fsp3) is 0.625. The molecule has 1 heterocycles. The Kier molecular flexibility index (Phi) is 5.21. The molecule has 1 aliphatic rings. The highest BCUT2D eigenvalue weighted by molar-refractivity contribution is 5.24. The Labute approximate surface area is 110 Å². The highest BCUT2D eigenvalue weighted by Crippen LogP contribution is 2.24. The first-order chi connectivity index (χ1) is 8.83. The first-order valence-corrected chi connectivity index (χ1v) is 7.15. The third-order valence-corrected chi connectivity index (χ3v) is 3.47. The molecule has 0 unspecified atom stereocenters. The molecule has 1 aromatic carbocycles. The summed E-state index contributed by atoms with van der Waals surface area (Å²) in [5, 5.41) is 0. The van der Waals surface area contributed by atoms with Gasteiger partial charge in [0.25, 0.3) is 0 Å². The summed E-state index contributed by atoms with van der Waals surface area (Å²) in [6, 6.07) is 8.78. The summed E-state index contributed by atoms with van der Waals surface area (Å²) < 4.78 is 11.7. The van der Waals surface area contributed by atoms with Crippen molar-refractivity contribution >= 4 is 0 Å². The summed E-state index contributed by atoms with van der Waals surface area (Å²) in [5.74, 6) is 0. The first-order valence-electron chi connectivity index (χ1n) is 7.15. The molecule has 2 heteroatoms. The lowest BCUT2D eigenvalue weighted by atomic mass is 10.0. The zero-order valence-corrected chi connectivity index (χ0v) is 11.5. The number of rotatable bonds is 5. The van der Waals surface area contributed by atoms with Gasteiger partial charge in [0.2, 0.25) is 0 Å². The summed E-state index contributed by atoms with van der Waals surface area (Å²) in [6.07, 6.45) is 5.02. The van der Waals surface area contributed by atoms with Gasteiger partial charge in [0.05, 0.1) is 19.3 Å². The summed E-state index contributed by atoms with van der Waals surface area (Å²) in [4.78, 5) is 0. The van der Waals surface area contributed by atoms with Crippen molar-refractivity contribution in [3.05, 3.63) is 35.4 Å². The second-order valence-electron chi connectivity index (χ2n) is 5.06. The molecule has 2 rings (SSSR count). The van der Waals surface area contributed by atoms with E-state index in [1.165, 1.54) is 17.5 Å². The van der Waals surface area contributed by atoms with Crippen LogP contribution in [0.3, 0.4) is 0 Å². The molecular formula is C16H24O2. The van der Waals surface area contributed by atoms with E-state index in [4.69, 9.17) is 9.47 Å². The number of benzene rings is 1. The third kappa shape index (κ3) is 3.56. The molecule has 0 bridgehead atoms. The van der Waals surface area contributed by atoms with E-state index in [1.54, 1.807) is 0 Å². The van der Waals surface area contributed by atoms with Crippen LogP contribution in [0.4, 0.5) is 0 Å². The smallest absolute Gasteiger partial charge is 0.106 e. The van der Waals surface area contributed by atoms with Crippen molar-refractivity contribution in [2.24, 2.45) is 0 Å². The van der Waals surface area contributed by atoms with Gasteiger partial charge in [-0.1, -0.05) is 51.0 Å². The van der Waals surface area contributed by atoms with Gasteiger partial charge < -0.3 is 9.47 Å². The van der Waals surface area contributed by atoms with E-state index in [0.717, 1.165) is 25.9 Å². The zero-order chi connectivity index (χ0) is 12.8. The first kappa shape index (κ1) is 13.6. The van der Waals surface area contributed by atoms with Crippen LogP contribution in [0.1, 0.15) is 50.3 Å². The van der Waals surface area contributed by atoms with Crippen molar-refractivity contribution in [2.45, 2.75) is 51.7 Å². The predicted molar refractivity (Wildman–Crippen MR) is 73.8 cm³/mol. The van der Waals surface area contributed by atoms with Crippen LogP contribution in [-0.4, -0.2) is 19.3 Å². The Balaban J connectivity index is 1.89. The van der Waals surface area contributed by atoms with Gasteiger partial charge in [-0.3, -0.25) is 0 Å². The third-order valence-electron chi connectivity index (χ3n) is 3.47. The van der Waals surface area contributed by atoms with Gasteiger partial charge >= 0.3 is 0 Å². The SMILES string of the molecule is CCCc1ccc([C@@H]2CO[C@@H](CCC)CO2)cc1. The van der Waals surface area contributed by atoms with Crippen LogP contribution in [-0.2, 0) is 15.9 Å². The lowest BCUT2D eigenvalue weighted by molar-refractivity contribution is -0.137. The maximum atomic E-state index is 5.90. The van der Waals surface area contributed by atoms with Crippen LogP contribution >= 0.6 is 0 Å². The summed E-state index contributed by atoms with van der Waals surface area (Å²) >= 11 is 0. The molecule has 0 radical (unpaired) electrons. The normalized spacial score (nSPS) is 24.1. The fourth-order valence-corrected chi connectivity index (χ4v) is 2.41. The fourth-order valence-electron chi connectivity index (χ4n) is 2.41. The maximum absolute atomic E-state index is 5.90. The molecule has 100 valence electrons. The van der Waals surface area contributed by atoms with E-state index in [9.17, 15) is 0 Å². The molecule has 1 aliphatic heterocycles. The molecule has 0 spiro atoms. The van der Waals surface area contributed by atoms with Crippen molar-refractivity contribution in [1.29, 1.82) is 0 Å². The molecular weight excluding hydrogens is 224 g/mol. The van der Waals surface area contributed by atoms with E-state index in [0.29, 0.717) is 12.7 Å². The van der Waals surface area contributed by atoms with Crippen LogP contribution in [0.25, 0.3) is 0 Å². The highest BCUT2D eigenvalue weighted by Gasteiger charge is 2.22. The van der Waals surface area contributed by atoms with Crippen LogP contribution in [0.15, 0.2) is 24.3 Å². The lowest BCUT2D eigenvalue weighted by Gasteiger charge is -2.29. The van der Waals surface area contributed by atoms with Crippen LogP contribution in [0.2, 0.25) is 0 Å². The zero-order valence-electron chi connectivity index (χ0n) is 11.5. The van der Waals surface area contributed by atoms with E-state index in [-0.39, 0.29) is 6.10 Å². The monoisotopic (exact) mass is 248 g/mol. The summed E-state index contributed by atoms with van der Waals surface area (Å²) in [6.45, 7) is 5.81. The van der Waals surface area contributed by atoms with Crippen molar-refractivity contribution in [3.8, 4) is 0 Å². The largest absolute Gasteiger partial charge is 0.373 e. The van der Waals surface area contributed by atoms with E-state index in [2.05, 4.69) is 38.1 Å². The van der Waals surface area contributed by atoms with Crippen molar-refractivity contribution < 1.29 is 9.47 Å². The van der Waals surface area contributed by atoms with Gasteiger partial charge in [-0.05, 0) is 24.0 Å². The topological polar surface area (TPSA) is 18.5 Å². The molecule has 0 saturated carbocycles. The van der Waals surface area contributed by atoms with E-state index < -0.39 is 0 Å². The standard InChI is InChI=1S/C16H24O2/c1-3-5-13-7-9-14(10-8-13)16-12-17-15(6-4-2)11-18-16/h7-10,15-16H,3-6,11-12H2,1-2H3/t15-,16-/m0/s1. The maximum Gasteiger partial charge on any atom is 0.106 e. The highest BCUT2D eigenvalue weighted by atomic mass is 16.6. The summed E-state index contributed by atoms with van der Waals surface area (Å²) in [5.41, 5.74) is 2.65. The molecule has 18 heavy (non-hydrogen) atoms.